The van der Waals surface area contributed by atoms with Crippen LogP contribution in [-0.4, -0.2) is 36.6 Å². The van der Waals surface area contributed by atoms with Crippen LogP contribution >= 0.6 is 0 Å². The van der Waals surface area contributed by atoms with Crippen molar-refractivity contribution in [3.8, 4) is 0 Å². The quantitative estimate of drug-likeness (QED) is 0.481. The van der Waals surface area contributed by atoms with E-state index in [1.807, 2.05) is 6.92 Å². The Bertz CT molecular complexity index is 137. The van der Waals surface area contributed by atoms with E-state index in [0.717, 1.165) is 13.1 Å². The molecule has 1 aliphatic rings. The Kier molecular flexibility index (Phi) is 2.24. The summed E-state index contributed by atoms with van der Waals surface area (Å²) in [6, 6.07) is -0.0581. The van der Waals surface area contributed by atoms with Crippen molar-refractivity contribution in [2.45, 2.75) is 13.0 Å². The number of carbonyl (C=O) groups excluding carboxylic acids is 1. The number of amides is 1. The van der Waals surface area contributed by atoms with Crippen LogP contribution in [0.5, 0.6) is 0 Å². The minimum atomic E-state index is -0.0581. The smallest absolute Gasteiger partial charge is 0.240 e. The maximum Gasteiger partial charge on any atom is 0.240 e. The molecule has 0 aromatic rings. The van der Waals surface area contributed by atoms with Crippen molar-refractivity contribution >= 4 is 5.91 Å². The molecule has 1 rings (SSSR count). The molecule has 1 fully saturated rings. The maximum absolute atomic E-state index is 11.1. The van der Waals surface area contributed by atoms with Crippen molar-refractivity contribution in [2.24, 2.45) is 5.73 Å². The van der Waals surface area contributed by atoms with Gasteiger partial charge in [-0.05, 0) is 6.92 Å². The fraction of sp³-hybridized carbons (Fsp3) is 0.833. The summed E-state index contributed by atoms with van der Waals surface area (Å²) in [5.41, 5.74) is 5.33. The fourth-order valence-corrected chi connectivity index (χ4v) is 1.07. The van der Waals surface area contributed by atoms with E-state index < -0.39 is 0 Å². The number of rotatable bonds is 1. The van der Waals surface area contributed by atoms with Gasteiger partial charge < -0.3 is 16.0 Å². The lowest BCUT2D eigenvalue weighted by Gasteiger charge is -2.29. The van der Waals surface area contributed by atoms with Gasteiger partial charge in [-0.2, -0.15) is 0 Å². The molecule has 1 unspecified atom stereocenters. The Balaban J connectivity index is 2.51. The Morgan fingerprint density at radius 3 is 3.10 bits per heavy atom. The lowest BCUT2D eigenvalue weighted by Crippen LogP contribution is -2.55. The Hall–Kier alpha value is -0.610. The standard InChI is InChI=1S/C6H13N3O/c1-5-6(10)9(4-7)3-2-8-5/h5,8H,2-4,7H2,1H3. The Morgan fingerprint density at radius 2 is 2.60 bits per heavy atom. The molecule has 10 heavy (non-hydrogen) atoms. The molecule has 0 aromatic carbocycles. The summed E-state index contributed by atoms with van der Waals surface area (Å²) in [6.45, 7) is 3.78. The van der Waals surface area contributed by atoms with Crippen LogP contribution in [0.25, 0.3) is 0 Å². The predicted molar refractivity (Wildman–Crippen MR) is 38.2 cm³/mol. The summed E-state index contributed by atoms with van der Waals surface area (Å²) in [5.74, 6) is 0.105. The van der Waals surface area contributed by atoms with Gasteiger partial charge in [0.15, 0.2) is 0 Å². The van der Waals surface area contributed by atoms with Crippen molar-refractivity contribution in [3.05, 3.63) is 0 Å². The summed E-state index contributed by atoms with van der Waals surface area (Å²) in [7, 11) is 0. The van der Waals surface area contributed by atoms with Crippen LogP contribution in [0.2, 0.25) is 0 Å². The average molecular weight is 143 g/mol. The summed E-state index contributed by atoms with van der Waals surface area (Å²) in [6.07, 6.45) is 0. The summed E-state index contributed by atoms with van der Waals surface area (Å²) < 4.78 is 0. The van der Waals surface area contributed by atoms with E-state index in [2.05, 4.69) is 5.32 Å². The van der Waals surface area contributed by atoms with Gasteiger partial charge in [0, 0.05) is 13.1 Å². The molecule has 0 radical (unpaired) electrons. The molecule has 0 spiro atoms. The van der Waals surface area contributed by atoms with Crippen molar-refractivity contribution in [2.75, 3.05) is 19.8 Å². The zero-order valence-electron chi connectivity index (χ0n) is 6.13. The zero-order valence-corrected chi connectivity index (χ0v) is 6.13. The molecule has 1 saturated heterocycles. The first-order valence-electron chi connectivity index (χ1n) is 3.48. The highest BCUT2D eigenvalue weighted by atomic mass is 16.2. The molecule has 0 aromatic heterocycles. The third-order valence-electron chi connectivity index (χ3n) is 1.73. The van der Waals surface area contributed by atoms with E-state index in [9.17, 15) is 4.79 Å². The molecule has 1 atom stereocenters. The van der Waals surface area contributed by atoms with Crippen LogP contribution in [0.15, 0.2) is 0 Å². The molecule has 1 heterocycles. The highest BCUT2D eigenvalue weighted by Crippen LogP contribution is 1.97. The summed E-state index contributed by atoms with van der Waals surface area (Å²) in [4.78, 5) is 12.8. The molecule has 1 aliphatic heterocycles. The molecule has 58 valence electrons. The first-order chi connectivity index (χ1) is 4.75. The third-order valence-corrected chi connectivity index (χ3v) is 1.73. The second-order valence-electron chi connectivity index (χ2n) is 2.46. The van der Waals surface area contributed by atoms with Gasteiger partial charge >= 0.3 is 0 Å². The molecule has 0 bridgehead atoms. The van der Waals surface area contributed by atoms with Crippen molar-refractivity contribution in [1.82, 2.24) is 10.2 Å². The minimum Gasteiger partial charge on any atom is -0.328 e. The molecule has 4 heteroatoms. The molecule has 4 nitrogen and oxygen atoms in total. The molecule has 0 saturated carbocycles. The van der Waals surface area contributed by atoms with Crippen molar-refractivity contribution in [1.29, 1.82) is 0 Å². The van der Waals surface area contributed by atoms with Gasteiger partial charge in [-0.25, -0.2) is 0 Å². The first kappa shape index (κ1) is 7.50. The van der Waals surface area contributed by atoms with Crippen molar-refractivity contribution in [3.63, 3.8) is 0 Å². The van der Waals surface area contributed by atoms with Gasteiger partial charge in [0.1, 0.15) is 0 Å². The zero-order chi connectivity index (χ0) is 7.56. The third kappa shape index (κ3) is 1.27. The van der Waals surface area contributed by atoms with E-state index >= 15 is 0 Å². The molecule has 3 N–H and O–H groups in total. The van der Waals surface area contributed by atoms with Gasteiger partial charge in [0.25, 0.3) is 0 Å². The number of nitrogens with one attached hydrogen (secondary N) is 1. The lowest BCUT2D eigenvalue weighted by atomic mass is 10.2. The minimum absolute atomic E-state index is 0.0581. The van der Waals surface area contributed by atoms with Gasteiger partial charge in [0.05, 0.1) is 12.7 Å². The van der Waals surface area contributed by atoms with Crippen LogP contribution in [-0.2, 0) is 4.79 Å². The summed E-state index contributed by atoms with van der Waals surface area (Å²) >= 11 is 0. The molecular weight excluding hydrogens is 130 g/mol. The normalized spacial score (nSPS) is 27.2. The highest BCUT2D eigenvalue weighted by molar-refractivity contribution is 5.82. The van der Waals surface area contributed by atoms with Gasteiger partial charge in [-0.1, -0.05) is 0 Å². The lowest BCUT2D eigenvalue weighted by molar-refractivity contribution is -0.135. The second kappa shape index (κ2) is 2.98. The van der Waals surface area contributed by atoms with E-state index in [0.29, 0.717) is 6.67 Å². The molecule has 1 amide bonds. The number of hydrogen-bond donors (Lipinski definition) is 2. The van der Waals surface area contributed by atoms with Crippen LogP contribution in [0.3, 0.4) is 0 Å². The largest absolute Gasteiger partial charge is 0.328 e. The number of nitrogens with zero attached hydrogens (tertiary/aromatic N) is 1. The van der Waals surface area contributed by atoms with Crippen LogP contribution < -0.4 is 11.1 Å². The Labute approximate surface area is 60.4 Å². The van der Waals surface area contributed by atoms with Crippen LogP contribution in [0.1, 0.15) is 6.92 Å². The van der Waals surface area contributed by atoms with Gasteiger partial charge in [-0.3, -0.25) is 4.79 Å². The van der Waals surface area contributed by atoms with Crippen molar-refractivity contribution < 1.29 is 4.79 Å². The summed E-state index contributed by atoms with van der Waals surface area (Å²) in [5, 5.41) is 3.05. The van der Waals surface area contributed by atoms with Gasteiger partial charge in [0.2, 0.25) is 5.91 Å². The van der Waals surface area contributed by atoms with Crippen LogP contribution in [0, 0.1) is 0 Å². The maximum atomic E-state index is 11.1. The molecule has 0 aliphatic carbocycles. The topological polar surface area (TPSA) is 58.4 Å². The molecular formula is C6H13N3O. The second-order valence-corrected chi connectivity index (χ2v) is 2.46. The monoisotopic (exact) mass is 143 g/mol. The highest BCUT2D eigenvalue weighted by Gasteiger charge is 2.22. The van der Waals surface area contributed by atoms with Crippen LogP contribution in [0.4, 0.5) is 0 Å². The van der Waals surface area contributed by atoms with E-state index in [1.165, 1.54) is 0 Å². The average Bonchev–Trinajstić information content (AvgIpc) is 1.95. The van der Waals surface area contributed by atoms with E-state index in [1.54, 1.807) is 4.90 Å². The fourth-order valence-electron chi connectivity index (χ4n) is 1.07. The number of nitrogens with two attached hydrogens (primary N) is 1. The van der Waals surface area contributed by atoms with Gasteiger partial charge in [-0.15, -0.1) is 0 Å². The predicted octanol–water partition coefficient (Wildman–Crippen LogP) is -1.28. The number of piperazine rings is 1. The SMILES string of the molecule is CC1NCCN(CN)C1=O. The van der Waals surface area contributed by atoms with E-state index in [4.69, 9.17) is 5.73 Å². The number of hydrogen-bond acceptors (Lipinski definition) is 3. The Morgan fingerprint density at radius 1 is 1.90 bits per heavy atom. The number of carbonyl (C=O) groups is 1. The first-order valence-corrected chi connectivity index (χ1v) is 3.48. The van der Waals surface area contributed by atoms with E-state index in [-0.39, 0.29) is 11.9 Å².